The third-order valence-corrected chi connectivity index (χ3v) is 3.38. The Morgan fingerprint density at radius 2 is 2.18 bits per heavy atom. The summed E-state index contributed by atoms with van der Waals surface area (Å²) in [6.07, 6.45) is 1.08. The molecule has 0 radical (unpaired) electrons. The molecule has 2 rings (SSSR count). The van der Waals surface area contributed by atoms with Gasteiger partial charge >= 0.3 is 0 Å². The molecular weight excluding hydrogens is 217 g/mol. The van der Waals surface area contributed by atoms with Crippen molar-refractivity contribution in [1.29, 1.82) is 0 Å². The van der Waals surface area contributed by atoms with Crippen LogP contribution >= 0.6 is 0 Å². The fourth-order valence-electron chi connectivity index (χ4n) is 2.48. The van der Waals surface area contributed by atoms with Crippen LogP contribution in [0, 0.1) is 11.7 Å². The molecule has 1 aliphatic heterocycles. The van der Waals surface area contributed by atoms with Crippen LogP contribution in [0.4, 0.5) is 15.8 Å². The molecule has 0 saturated carbocycles. The fourth-order valence-corrected chi connectivity index (χ4v) is 2.48. The minimum absolute atomic E-state index is 0.284. The van der Waals surface area contributed by atoms with Gasteiger partial charge in [-0.05, 0) is 44.1 Å². The summed E-state index contributed by atoms with van der Waals surface area (Å²) in [5.41, 5.74) is 6.88. The Morgan fingerprint density at radius 3 is 2.82 bits per heavy atom. The average molecular weight is 237 g/mol. The van der Waals surface area contributed by atoms with E-state index in [1.165, 1.54) is 12.1 Å². The summed E-state index contributed by atoms with van der Waals surface area (Å²) in [5, 5.41) is 3.39. The number of nitrogen functional groups attached to an aromatic ring is 1. The van der Waals surface area contributed by atoms with E-state index in [0.717, 1.165) is 25.2 Å². The lowest BCUT2D eigenvalue weighted by atomic mass is 9.94. The van der Waals surface area contributed by atoms with Crippen LogP contribution in [-0.2, 0) is 0 Å². The van der Waals surface area contributed by atoms with Gasteiger partial charge in [0.15, 0.2) is 0 Å². The van der Waals surface area contributed by atoms with Gasteiger partial charge in [-0.1, -0.05) is 6.92 Å². The molecule has 1 aliphatic rings. The number of halogens is 1. The molecule has 3 N–H and O–H groups in total. The summed E-state index contributed by atoms with van der Waals surface area (Å²) < 4.78 is 13.2. The third-order valence-electron chi connectivity index (χ3n) is 3.38. The minimum atomic E-state index is -0.284. The minimum Gasteiger partial charge on any atom is -0.399 e. The zero-order valence-corrected chi connectivity index (χ0v) is 10.4. The van der Waals surface area contributed by atoms with Crippen LogP contribution in [0.5, 0.6) is 0 Å². The second kappa shape index (κ2) is 4.92. The van der Waals surface area contributed by atoms with Crippen molar-refractivity contribution in [2.75, 3.05) is 31.2 Å². The van der Waals surface area contributed by atoms with Crippen LogP contribution in [0.15, 0.2) is 18.2 Å². The van der Waals surface area contributed by atoms with Crippen molar-refractivity contribution in [1.82, 2.24) is 4.90 Å². The van der Waals surface area contributed by atoms with E-state index < -0.39 is 0 Å². The van der Waals surface area contributed by atoms with Gasteiger partial charge in [0.25, 0.3) is 0 Å². The monoisotopic (exact) mass is 237 g/mol. The maximum atomic E-state index is 13.2. The highest BCUT2D eigenvalue weighted by molar-refractivity contribution is 5.55. The van der Waals surface area contributed by atoms with E-state index in [4.69, 9.17) is 5.73 Å². The number of nitrogens with one attached hydrogen (secondary N) is 1. The second-order valence-electron chi connectivity index (χ2n) is 5.05. The summed E-state index contributed by atoms with van der Waals surface area (Å²) in [7, 11) is 2.13. The summed E-state index contributed by atoms with van der Waals surface area (Å²) in [5.74, 6) is 0.270. The Labute approximate surface area is 102 Å². The normalized spacial score (nSPS) is 25.8. The quantitative estimate of drug-likeness (QED) is 0.774. The number of likely N-dealkylation sites (tertiary alicyclic amines) is 1. The van der Waals surface area contributed by atoms with Gasteiger partial charge in [0.1, 0.15) is 5.82 Å². The summed E-state index contributed by atoms with van der Waals surface area (Å²) >= 11 is 0. The van der Waals surface area contributed by atoms with Crippen molar-refractivity contribution < 1.29 is 4.39 Å². The average Bonchev–Trinajstić information content (AvgIpc) is 2.21. The molecule has 2 atom stereocenters. The van der Waals surface area contributed by atoms with E-state index in [1.54, 1.807) is 6.07 Å². The molecule has 0 bridgehead atoms. The van der Waals surface area contributed by atoms with Crippen LogP contribution in [0.2, 0.25) is 0 Å². The molecule has 1 heterocycles. The first kappa shape index (κ1) is 12.2. The Morgan fingerprint density at radius 1 is 1.41 bits per heavy atom. The van der Waals surface area contributed by atoms with Gasteiger partial charge in [-0.2, -0.15) is 0 Å². The maximum Gasteiger partial charge on any atom is 0.127 e. The fraction of sp³-hybridized carbons (Fsp3) is 0.538. The van der Waals surface area contributed by atoms with E-state index in [2.05, 4.69) is 24.2 Å². The smallest absolute Gasteiger partial charge is 0.127 e. The van der Waals surface area contributed by atoms with E-state index in [-0.39, 0.29) is 5.82 Å². The van der Waals surface area contributed by atoms with Crippen molar-refractivity contribution in [3.8, 4) is 0 Å². The highest BCUT2D eigenvalue weighted by Crippen LogP contribution is 2.22. The zero-order valence-electron chi connectivity index (χ0n) is 10.4. The molecule has 1 saturated heterocycles. The van der Waals surface area contributed by atoms with Gasteiger partial charge < -0.3 is 16.0 Å². The number of hydrogen-bond donors (Lipinski definition) is 2. The number of nitrogens with two attached hydrogens (primary N) is 1. The number of benzene rings is 1. The van der Waals surface area contributed by atoms with Gasteiger partial charge in [-0.15, -0.1) is 0 Å². The van der Waals surface area contributed by atoms with Gasteiger partial charge in [0.2, 0.25) is 0 Å². The standard InChI is InChI=1S/C13H20FN3/c1-9-8-17(2)4-3-13(9)16-12-6-10(14)5-11(15)7-12/h5-7,9,13,16H,3-4,8,15H2,1-2H3. The highest BCUT2D eigenvalue weighted by atomic mass is 19.1. The Kier molecular flexibility index (Phi) is 3.52. The molecule has 0 spiro atoms. The zero-order chi connectivity index (χ0) is 12.4. The molecular formula is C13H20FN3. The van der Waals surface area contributed by atoms with Crippen molar-refractivity contribution in [2.24, 2.45) is 5.92 Å². The Hall–Kier alpha value is -1.29. The number of hydrogen-bond acceptors (Lipinski definition) is 3. The van der Waals surface area contributed by atoms with E-state index in [1.807, 2.05) is 0 Å². The van der Waals surface area contributed by atoms with Crippen molar-refractivity contribution >= 4 is 11.4 Å². The summed E-state index contributed by atoms with van der Waals surface area (Å²) in [4.78, 5) is 2.32. The first-order valence-electron chi connectivity index (χ1n) is 6.06. The molecule has 3 nitrogen and oxygen atoms in total. The van der Waals surface area contributed by atoms with Crippen molar-refractivity contribution in [3.63, 3.8) is 0 Å². The van der Waals surface area contributed by atoms with Crippen LogP contribution in [0.25, 0.3) is 0 Å². The number of nitrogens with zero attached hydrogens (tertiary/aromatic N) is 1. The van der Waals surface area contributed by atoms with E-state index >= 15 is 0 Å². The number of anilines is 2. The predicted octanol–water partition coefficient (Wildman–Crippen LogP) is 2.16. The number of rotatable bonds is 2. The Balaban J connectivity index is 2.05. The first-order chi connectivity index (χ1) is 8.04. The van der Waals surface area contributed by atoms with E-state index in [0.29, 0.717) is 17.6 Å². The molecule has 1 fully saturated rings. The van der Waals surface area contributed by atoms with Crippen molar-refractivity contribution in [2.45, 2.75) is 19.4 Å². The van der Waals surface area contributed by atoms with Gasteiger partial charge in [0.05, 0.1) is 0 Å². The van der Waals surface area contributed by atoms with Crippen molar-refractivity contribution in [3.05, 3.63) is 24.0 Å². The number of piperidine rings is 1. The third kappa shape index (κ3) is 3.09. The highest BCUT2D eigenvalue weighted by Gasteiger charge is 2.23. The molecule has 0 amide bonds. The summed E-state index contributed by atoms with van der Waals surface area (Å²) in [6.45, 7) is 4.37. The molecule has 1 aromatic carbocycles. The SMILES string of the molecule is CC1CN(C)CCC1Nc1cc(N)cc(F)c1. The van der Waals surface area contributed by atoms with Gasteiger partial charge in [-0.3, -0.25) is 0 Å². The lowest BCUT2D eigenvalue weighted by Gasteiger charge is -2.35. The molecule has 1 aromatic rings. The maximum absolute atomic E-state index is 13.2. The van der Waals surface area contributed by atoms with Crippen LogP contribution < -0.4 is 11.1 Å². The molecule has 94 valence electrons. The molecule has 17 heavy (non-hydrogen) atoms. The summed E-state index contributed by atoms with van der Waals surface area (Å²) in [6, 6.07) is 5.02. The first-order valence-corrected chi connectivity index (χ1v) is 6.06. The lowest BCUT2D eigenvalue weighted by Crippen LogP contribution is -2.43. The largest absolute Gasteiger partial charge is 0.399 e. The van der Waals surface area contributed by atoms with Crippen LogP contribution in [0.1, 0.15) is 13.3 Å². The second-order valence-corrected chi connectivity index (χ2v) is 5.05. The molecule has 0 aliphatic carbocycles. The molecule has 2 unspecified atom stereocenters. The lowest BCUT2D eigenvalue weighted by molar-refractivity contribution is 0.206. The molecule has 4 heteroatoms. The predicted molar refractivity (Wildman–Crippen MR) is 69.5 cm³/mol. The van der Waals surface area contributed by atoms with Crippen LogP contribution in [0.3, 0.4) is 0 Å². The molecule has 0 aromatic heterocycles. The van der Waals surface area contributed by atoms with Crippen LogP contribution in [-0.4, -0.2) is 31.1 Å². The Bertz CT molecular complexity index is 374. The van der Waals surface area contributed by atoms with Gasteiger partial charge in [-0.25, -0.2) is 4.39 Å². The topological polar surface area (TPSA) is 41.3 Å². The van der Waals surface area contributed by atoms with Gasteiger partial charge in [0, 0.05) is 24.0 Å². The van der Waals surface area contributed by atoms with E-state index in [9.17, 15) is 4.39 Å².